The molecule has 218 valence electrons. The van der Waals surface area contributed by atoms with Crippen LogP contribution < -0.4 is 13.6 Å². The van der Waals surface area contributed by atoms with Crippen LogP contribution in [0.1, 0.15) is 79.0 Å². The van der Waals surface area contributed by atoms with Gasteiger partial charge < -0.3 is 13.6 Å². The number of hydrogen-bond acceptors (Lipinski definition) is 3. The minimum absolute atomic E-state index is 0.0710. The third-order valence-electron chi connectivity index (χ3n) is 7.55. The van der Waals surface area contributed by atoms with Gasteiger partial charge in [-0.3, -0.25) is 0 Å². The van der Waals surface area contributed by atoms with Crippen LogP contribution in [0.4, 0.5) is 0 Å². The molecule has 0 aromatic heterocycles. The van der Waals surface area contributed by atoms with E-state index in [4.69, 9.17) is 13.6 Å². The normalized spacial score (nSPS) is 13.3. The molecule has 0 aliphatic heterocycles. The summed E-state index contributed by atoms with van der Waals surface area (Å²) in [5, 5.41) is 4.60. The zero-order valence-electron chi connectivity index (χ0n) is 26.4. The quantitative estimate of drug-likeness (QED) is 0.188. The Balaban J connectivity index is 1.59. The first-order valence-electron chi connectivity index (χ1n) is 14.7. The Morgan fingerprint density at radius 1 is 0.429 bits per heavy atom. The summed E-state index contributed by atoms with van der Waals surface area (Å²) in [7, 11) is -1.85. The largest absolute Gasteiger partial charge is 0.530 e. The molecular formula is C38H43O3P. The van der Waals surface area contributed by atoms with Gasteiger partial charge in [-0.1, -0.05) is 129 Å². The third kappa shape index (κ3) is 6.74. The van der Waals surface area contributed by atoms with Gasteiger partial charge in [0.25, 0.3) is 0 Å². The average molecular weight is 579 g/mol. The molecule has 0 aliphatic rings. The standard InChI is InChI=1S/C38H43O3P/c1-36(2,3)30-20-18-28-25-35(33(38(7,8)9)24-29(28)22-30)41-42(40-34-17-13-12-16-32(34)37(4,5)6)39-31-21-19-26-14-10-11-15-27(26)23-31/h10-25H,1-9H3. The number of rotatable bonds is 6. The van der Waals surface area contributed by atoms with Crippen molar-refractivity contribution in [2.24, 2.45) is 0 Å². The lowest BCUT2D eigenvalue weighted by atomic mass is 9.83. The average Bonchev–Trinajstić information content (AvgIpc) is 2.91. The number of para-hydroxylation sites is 1. The molecule has 3 nitrogen and oxygen atoms in total. The monoisotopic (exact) mass is 578 g/mol. The van der Waals surface area contributed by atoms with Crippen LogP contribution in [-0.4, -0.2) is 0 Å². The van der Waals surface area contributed by atoms with E-state index in [9.17, 15) is 0 Å². The van der Waals surface area contributed by atoms with Crippen molar-refractivity contribution >= 4 is 30.1 Å². The highest BCUT2D eigenvalue weighted by atomic mass is 31.2. The minimum Gasteiger partial charge on any atom is -0.408 e. The lowest BCUT2D eigenvalue weighted by Crippen LogP contribution is -2.15. The van der Waals surface area contributed by atoms with E-state index >= 15 is 0 Å². The smallest absolute Gasteiger partial charge is 0.408 e. The van der Waals surface area contributed by atoms with E-state index in [0.29, 0.717) is 5.75 Å². The van der Waals surface area contributed by atoms with Gasteiger partial charge in [0, 0.05) is 11.1 Å². The van der Waals surface area contributed by atoms with Crippen LogP contribution in [0.3, 0.4) is 0 Å². The Hall–Kier alpha value is -3.55. The molecule has 5 rings (SSSR count). The molecule has 0 N–H and O–H groups in total. The van der Waals surface area contributed by atoms with Gasteiger partial charge in [0.15, 0.2) is 0 Å². The van der Waals surface area contributed by atoms with E-state index in [2.05, 4.69) is 117 Å². The molecule has 5 aromatic carbocycles. The predicted molar refractivity (Wildman–Crippen MR) is 179 cm³/mol. The number of fused-ring (bicyclic) bond motifs is 2. The molecule has 1 unspecified atom stereocenters. The predicted octanol–water partition coefficient (Wildman–Crippen LogP) is 11.6. The molecule has 0 heterocycles. The van der Waals surface area contributed by atoms with E-state index in [1.54, 1.807) is 0 Å². The SMILES string of the molecule is CC(C)(C)c1ccc2cc(OP(Oc3ccc4ccccc4c3)Oc3ccccc3C(C)(C)C)c(C(C)(C)C)cc2c1. The zero-order valence-corrected chi connectivity index (χ0v) is 27.3. The molecule has 0 spiro atoms. The van der Waals surface area contributed by atoms with Gasteiger partial charge in [-0.25, -0.2) is 0 Å². The maximum atomic E-state index is 6.79. The highest BCUT2D eigenvalue weighted by Gasteiger charge is 2.29. The maximum absolute atomic E-state index is 6.79. The Labute approximate surface area is 252 Å². The topological polar surface area (TPSA) is 27.7 Å². The summed E-state index contributed by atoms with van der Waals surface area (Å²) in [6.45, 7) is 20.0. The van der Waals surface area contributed by atoms with Crippen molar-refractivity contribution in [3.63, 3.8) is 0 Å². The van der Waals surface area contributed by atoms with Crippen LogP contribution in [0.15, 0.2) is 97.1 Å². The van der Waals surface area contributed by atoms with Gasteiger partial charge in [0.2, 0.25) is 0 Å². The van der Waals surface area contributed by atoms with E-state index < -0.39 is 8.60 Å². The summed E-state index contributed by atoms with van der Waals surface area (Å²) in [6.07, 6.45) is 0. The molecule has 0 saturated heterocycles. The number of hydrogen-bond donors (Lipinski definition) is 0. The summed E-state index contributed by atoms with van der Waals surface area (Å²) < 4.78 is 20.0. The molecule has 4 heteroatoms. The first-order chi connectivity index (χ1) is 19.7. The molecular weight excluding hydrogens is 535 g/mol. The van der Waals surface area contributed by atoms with Crippen LogP contribution in [0.5, 0.6) is 17.2 Å². The lowest BCUT2D eigenvalue weighted by Gasteiger charge is -2.27. The molecule has 1 atom stereocenters. The van der Waals surface area contributed by atoms with Crippen LogP contribution >= 0.6 is 8.60 Å². The molecule has 5 aromatic rings. The molecule has 42 heavy (non-hydrogen) atoms. The number of benzene rings is 5. The summed E-state index contributed by atoms with van der Waals surface area (Å²) in [5.74, 6) is 2.25. The van der Waals surface area contributed by atoms with Crippen LogP contribution in [0, 0.1) is 0 Å². The summed E-state index contributed by atoms with van der Waals surface area (Å²) in [4.78, 5) is 0. The summed E-state index contributed by atoms with van der Waals surface area (Å²) in [5.41, 5.74) is 3.34. The van der Waals surface area contributed by atoms with Crippen molar-refractivity contribution < 1.29 is 13.6 Å². The van der Waals surface area contributed by atoms with E-state index in [-0.39, 0.29) is 16.2 Å². The van der Waals surface area contributed by atoms with Gasteiger partial charge in [-0.15, -0.1) is 0 Å². The second-order valence-corrected chi connectivity index (χ2v) is 15.2. The van der Waals surface area contributed by atoms with Crippen LogP contribution in [-0.2, 0) is 16.2 Å². The molecule has 0 radical (unpaired) electrons. The van der Waals surface area contributed by atoms with Crippen LogP contribution in [0.2, 0.25) is 0 Å². The molecule has 0 bridgehead atoms. The Morgan fingerprint density at radius 3 is 1.71 bits per heavy atom. The van der Waals surface area contributed by atoms with Gasteiger partial charge in [0.05, 0.1) is 0 Å². The highest BCUT2D eigenvalue weighted by molar-refractivity contribution is 7.43. The van der Waals surface area contributed by atoms with E-state index in [1.165, 1.54) is 10.9 Å². The Morgan fingerprint density at radius 2 is 1.02 bits per heavy atom. The highest BCUT2D eigenvalue weighted by Crippen LogP contribution is 2.48. The fourth-order valence-corrected chi connectivity index (χ4v) is 6.13. The van der Waals surface area contributed by atoms with Gasteiger partial charge in [0.1, 0.15) is 17.2 Å². The van der Waals surface area contributed by atoms with Gasteiger partial charge in [-0.2, -0.15) is 0 Å². The molecule has 0 fully saturated rings. The van der Waals surface area contributed by atoms with Crippen molar-refractivity contribution in [2.75, 3.05) is 0 Å². The van der Waals surface area contributed by atoms with E-state index in [1.807, 2.05) is 42.5 Å². The van der Waals surface area contributed by atoms with Crippen molar-refractivity contribution in [3.05, 3.63) is 114 Å². The lowest BCUT2D eigenvalue weighted by molar-refractivity contribution is 0.378. The Kier molecular flexibility index (Phi) is 8.03. The van der Waals surface area contributed by atoms with Crippen LogP contribution in [0.25, 0.3) is 21.5 Å². The van der Waals surface area contributed by atoms with Crippen molar-refractivity contribution in [3.8, 4) is 17.2 Å². The Bertz CT molecular complexity index is 1720. The van der Waals surface area contributed by atoms with Gasteiger partial charge >= 0.3 is 8.60 Å². The van der Waals surface area contributed by atoms with Gasteiger partial charge in [-0.05, 0) is 73.7 Å². The van der Waals surface area contributed by atoms with Crippen molar-refractivity contribution in [2.45, 2.75) is 78.6 Å². The second kappa shape index (κ2) is 11.3. The summed E-state index contributed by atoms with van der Waals surface area (Å²) in [6, 6.07) is 33.7. The molecule has 0 amide bonds. The third-order valence-corrected chi connectivity index (χ3v) is 8.61. The molecule has 0 saturated carbocycles. The fourth-order valence-electron chi connectivity index (χ4n) is 5.10. The first-order valence-corrected chi connectivity index (χ1v) is 15.8. The van der Waals surface area contributed by atoms with Crippen molar-refractivity contribution in [1.29, 1.82) is 0 Å². The minimum atomic E-state index is -1.85. The summed E-state index contributed by atoms with van der Waals surface area (Å²) >= 11 is 0. The van der Waals surface area contributed by atoms with Crippen molar-refractivity contribution in [1.82, 2.24) is 0 Å². The van der Waals surface area contributed by atoms with E-state index in [0.717, 1.165) is 38.8 Å². The fraction of sp³-hybridized carbons (Fsp3) is 0.316. The molecule has 0 aliphatic carbocycles. The second-order valence-electron chi connectivity index (χ2n) is 14.2. The maximum Gasteiger partial charge on any atom is 0.530 e. The first kappa shape index (κ1) is 29.9. The zero-order chi connectivity index (χ0) is 30.3.